The molecule has 0 spiro atoms. The van der Waals surface area contributed by atoms with Crippen molar-refractivity contribution in [1.29, 1.82) is 0 Å². The van der Waals surface area contributed by atoms with Crippen molar-refractivity contribution in [1.82, 2.24) is 9.78 Å². The third-order valence-electron chi connectivity index (χ3n) is 2.79. The second kappa shape index (κ2) is 4.52. The molecule has 5 nitrogen and oxygen atoms in total. The summed E-state index contributed by atoms with van der Waals surface area (Å²) in [5.74, 6) is 0.482. The van der Waals surface area contributed by atoms with Crippen molar-refractivity contribution in [2.75, 3.05) is 5.32 Å². The van der Waals surface area contributed by atoms with E-state index in [0.29, 0.717) is 16.9 Å². The van der Waals surface area contributed by atoms with Gasteiger partial charge in [-0.1, -0.05) is 6.07 Å². The number of aromatic hydroxyl groups is 1. The first-order valence-corrected chi connectivity index (χ1v) is 5.59. The maximum absolute atomic E-state index is 12.1. The van der Waals surface area contributed by atoms with Crippen LogP contribution in [0.2, 0.25) is 0 Å². The number of aromatic nitrogens is 2. The Labute approximate surface area is 105 Å². The van der Waals surface area contributed by atoms with Crippen molar-refractivity contribution < 1.29 is 9.90 Å². The molecule has 1 aromatic heterocycles. The van der Waals surface area contributed by atoms with Gasteiger partial charge in [-0.05, 0) is 26.0 Å². The molecule has 94 valence electrons. The Morgan fingerprint density at radius 3 is 2.72 bits per heavy atom. The second-order valence-corrected chi connectivity index (χ2v) is 4.20. The number of benzene rings is 1. The van der Waals surface area contributed by atoms with Crippen LogP contribution in [0.1, 0.15) is 21.6 Å². The normalized spacial score (nSPS) is 10.4. The summed E-state index contributed by atoms with van der Waals surface area (Å²) in [7, 11) is 1.76. The fourth-order valence-electron chi connectivity index (χ4n) is 1.78. The molecule has 0 aliphatic heterocycles. The van der Waals surface area contributed by atoms with Gasteiger partial charge in [0.2, 0.25) is 0 Å². The average molecular weight is 245 g/mol. The number of anilines is 1. The molecular weight excluding hydrogens is 230 g/mol. The molecular formula is C13H15N3O2. The quantitative estimate of drug-likeness (QED) is 0.850. The monoisotopic (exact) mass is 245 g/mol. The summed E-state index contributed by atoms with van der Waals surface area (Å²) in [6.07, 6.45) is 0. The number of amides is 1. The zero-order valence-electron chi connectivity index (χ0n) is 10.6. The van der Waals surface area contributed by atoms with Crippen LogP contribution < -0.4 is 5.32 Å². The maximum atomic E-state index is 12.1. The smallest absolute Gasteiger partial charge is 0.257 e. The van der Waals surface area contributed by atoms with Gasteiger partial charge in [0, 0.05) is 24.2 Å². The lowest BCUT2D eigenvalue weighted by Crippen LogP contribution is -2.15. The number of hydrogen-bond donors (Lipinski definition) is 2. The number of nitrogens with zero attached hydrogens (tertiary/aromatic N) is 2. The SMILES string of the molecule is Cc1cc(NC(=O)c2cccc(O)c2C)n(C)n1. The van der Waals surface area contributed by atoms with Gasteiger partial charge in [-0.15, -0.1) is 0 Å². The summed E-state index contributed by atoms with van der Waals surface area (Å²) in [6, 6.07) is 6.66. The van der Waals surface area contributed by atoms with E-state index in [1.807, 2.05) is 6.92 Å². The van der Waals surface area contributed by atoms with E-state index in [4.69, 9.17) is 0 Å². The van der Waals surface area contributed by atoms with Crippen molar-refractivity contribution in [2.45, 2.75) is 13.8 Å². The number of phenolic OH excluding ortho intramolecular Hbond substituents is 1. The molecule has 2 aromatic rings. The first-order chi connectivity index (χ1) is 8.49. The predicted octanol–water partition coefficient (Wildman–Crippen LogP) is 1.99. The summed E-state index contributed by atoms with van der Waals surface area (Å²) >= 11 is 0. The largest absolute Gasteiger partial charge is 0.508 e. The number of carbonyl (C=O) groups is 1. The van der Waals surface area contributed by atoms with Gasteiger partial charge < -0.3 is 10.4 Å². The number of aryl methyl sites for hydroxylation is 2. The molecule has 0 aliphatic carbocycles. The Morgan fingerprint density at radius 1 is 1.39 bits per heavy atom. The first-order valence-electron chi connectivity index (χ1n) is 5.59. The van der Waals surface area contributed by atoms with E-state index in [1.165, 1.54) is 0 Å². The molecule has 2 N–H and O–H groups in total. The molecule has 0 radical (unpaired) electrons. The molecule has 0 unspecified atom stereocenters. The van der Waals surface area contributed by atoms with E-state index in [-0.39, 0.29) is 11.7 Å². The van der Waals surface area contributed by atoms with Crippen LogP contribution in [0.3, 0.4) is 0 Å². The van der Waals surface area contributed by atoms with Crippen molar-refractivity contribution in [3.05, 3.63) is 41.1 Å². The standard InChI is InChI=1S/C13H15N3O2/c1-8-7-12(16(3)15-8)14-13(18)10-5-4-6-11(17)9(10)2/h4-7,17H,1-3H3,(H,14,18). The van der Waals surface area contributed by atoms with Gasteiger partial charge in [-0.2, -0.15) is 5.10 Å². The topological polar surface area (TPSA) is 67.2 Å². The molecule has 0 bridgehead atoms. The van der Waals surface area contributed by atoms with Gasteiger partial charge in [0.05, 0.1) is 5.69 Å². The van der Waals surface area contributed by atoms with Gasteiger partial charge in [0.25, 0.3) is 5.91 Å². The van der Waals surface area contributed by atoms with E-state index >= 15 is 0 Å². The molecule has 1 amide bonds. The van der Waals surface area contributed by atoms with Crippen LogP contribution in [0.4, 0.5) is 5.82 Å². The maximum Gasteiger partial charge on any atom is 0.257 e. The van der Waals surface area contributed by atoms with E-state index in [0.717, 1.165) is 5.69 Å². The Morgan fingerprint density at radius 2 is 2.11 bits per heavy atom. The summed E-state index contributed by atoms with van der Waals surface area (Å²) in [6.45, 7) is 3.56. The molecule has 1 aromatic carbocycles. The average Bonchev–Trinajstić information content (AvgIpc) is 2.61. The van der Waals surface area contributed by atoms with Crippen molar-refractivity contribution in [3.8, 4) is 5.75 Å². The molecule has 0 aliphatic rings. The highest BCUT2D eigenvalue weighted by Gasteiger charge is 2.13. The third-order valence-corrected chi connectivity index (χ3v) is 2.79. The van der Waals surface area contributed by atoms with Gasteiger partial charge in [-0.25, -0.2) is 0 Å². The van der Waals surface area contributed by atoms with Crippen molar-refractivity contribution in [3.63, 3.8) is 0 Å². The number of hydrogen-bond acceptors (Lipinski definition) is 3. The number of phenols is 1. The lowest BCUT2D eigenvalue weighted by atomic mass is 10.1. The zero-order chi connectivity index (χ0) is 13.3. The lowest BCUT2D eigenvalue weighted by Gasteiger charge is -2.08. The minimum absolute atomic E-state index is 0.115. The fraction of sp³-hybridized carbons (Fsp3) is 0.231. The molecule has 0 saturated heterocycles. The van der Waals surface area contributed by atoms with E-state index in [2.05, 4.69) is 10.4 Å². The van der Waals surface area contributed by atoms with Crippen molar-refractivity contribution >= 4 is 11.7 Å². The Bertz CT molecular complexity index is 602. The molecule has 0 fully saturated rings. The summed E-state index contributed by atoms with van der Waals surface area (Å²) in [5, 5.41) is 16.5. The highest BCUT2D eigenvalue weighted by molar-refractivity contribution is 6.05. The van der Waals surface area contributed by atoms with Crippen LogP contribution in [-0.2, 0) is 7.05 Å². The summed E-state index contributed by atoms with van der Waals surface area (Å²) in [4.78, 5) is 12.1. The Kier molecular flexibility index (Phi) is 3.06. The summed E-state index contributed by atoms with van der Waals surface area (Å²) in [5.41, 5.74) is 1.85. The second-order valence-electron chi connectivity index (χ2n) is 4.20. The van der Waals surface area contributed by atoms with E-state index in [9.17, 15) is 9.90 Å². The molecule has 18 heavy (non-hydrogen) atoms. The van der Waals surface area contributed by atoms with Gasteiger partial charge in [0.15, 0.2) is 0 Å². The highest BCUT2D eigenvalue weighted by Crippen LogP contribution is 2.20. The minimum Gasteiger partial charge on any atom is -0.508 e. The predicted molar refractivity (Wildman–Crippen MR) is 68.7 cm³/mol. The molecule has 1 heterocycles. The molecule has 0 atom stereocenters. The number of carbonyl (C=O) groups excluding carboxylic acids is 1. The molecule has 0 saturated carbocycles. The van der Waals surface area contributed by atoms with Crippen LogP contribution in [-0.4, -0.2) is 20.8 Å². The summed E-state index contributed by atoms with van der Waals surface area (Å²) < 4.78 is 1.60. The molecule has 5 heteroatoms. The number of nitrogens with one attached hydrogen (secondary N) is 1. The van der Waals surface area contributed by atoms with Gasteiger partial charge in [0.1, 0.15) is 11.6 Å². The van der Waals surface area contributed by atoms with Crippen molar-refractivity contribution in [2.24, 2.45) is 7.05 Å². The molecule has 2 rings (SSSR count). The lowest BCUT2D eigenvalue weighted by molar-refractivity contribution is 0.102. The van der Waals surface area contributed by atoms with Gasteiger partial charge >= 0.3 is 0 Å². The van der Waals surface area contributed by atoms with Crippen LogP contribution >= 0.6 is 0 Å². The highest BCUT2D eigenvalue weighted by atomic mass is 16.3. The van der Waals surface area contributed by atoms with Gasteiger partial charge in [-0.3, -0.25) is 9.48 Å². The van der Waals surface area contributed by atoms with E-state index < -0.39 is 0 Å². The van der Waals surface area contributed by atoms with Crippen LogP contribution in [0.5, 0.6) is 5.75 Å². The fourth-order valence-corrected chi connectivity index (χ4v) is 1.78. The third kappa shape index (κ3) is 2.20. The van der Waals surface area contributed by atoms with E-state index in [1.54, 1.807) is 42.9 Å². The minimum atomic E-state index is -0.258. The van der Waals surface area contributed by atoms with Crippen LogP contribution in [0, 0.1) is 13.8 Å². The zero-order valence-corrected chi connectivity index (χ0v) is 10.6. The first kappa shape index (κ1) is 12.2. The Hall–Kier alpha value is -2.30. The van der Waals surface area contributed by atoms with Crippen LogP contribution in [0.15, 0.2) is 24.3 Å². The number of rotatable bonds is 2. The van der Waals surface area contributed by atoms with Crippen LogP contribution in [0.25, 0.3) is 0 Å². The Balaban J connectivity index is 2.27.